The Morgan fingerprint density at radius 1 is 1.28 bits per heavy atom. The van der Waals surface area contributed by atoms with Gasteiger partial charge in [0, 0.05) is 39.1 Å². The van der Waals surface area contributed by atoms with Crippen LogP contribution < -0.4 is 10.2 Å². The van der Waals surface area contributed by atoms with E-state index in [0.717, 1.165) is 18.7 Å². The molecule has 0 amide bonds. The van der Waals surface area contributed by atoms with Gasteiger partial charge in [0.05, 0.1) is 5.60 Å². The van der Waals surface area contributed by atoms with Crippen LogP contribution in [0.2, 0.25) is 0 Å². The zero-order valence-corrected chi connectivity index (χ0v) is 12.5. The molecule has 1 N–H and O–H groups in total. The van der Waals surface area contributed by atoms with E-state index in [4.69, 9.17) is 4.74 Å². The molecule has 3 heteroatoms. The largest absolute Gasteiger partial charge is 0.385 e. The van der Waals surface area contributed by atoms with Crippen LogP contribution >= 0.6 is 0 Å². The molecular weight excluding hydrogens is 224 g/mol. The monoisotopic (exact) mass is 250 g/mol. The molecule has 0 aliphatic heterocycles. The highest BCUT2D eigenvalue weighted by Gasteiger charge is 2.15. The number of nitrogens with zero attached hydrogens (tertiary/aromatic N) is 1. The van der Waals surface area contributed by atoms with Gasteiger partial charge in [-0.05, 0) is 44.9 Å². The quantitative estimate of drug-likeness (QED) is 0.838. The molecule has 18 heavy (non-hydrogen) atoms. The summed E-state index contributed by atoms with van der Waals surface area (Å²) >= 11 is 0. The molecule has 0 fully saturated rings. The van der Waals surface area contributed by atoms with Crippen molar-refractivity contribution in [2.45, 2.75) is 32.8 Å². The van der Waals surface area contributed by atoms with Gasteiger partial charge in [0.2, 0.25) is 0 Å². The molecule has 0 saturated heterocycles. The predicted molar refractivity (Wildman–Crippen MR) is 79.7 cm³/mol. The molecule has 0 heterocycles. The minimum atomic E-state index is -0.0674. The molecule has 0 radical (unpaired) electrons. The number of aryl methyl sites for hydroxylation is 1. The van der Waals surface area contributed by atoms with Crippen molar-refractivity contribution in [1.82, 2.24) is 0 Å². The lowest BCUT2D eigenvalue weighted by Gasteiger charge is -2.23. The maximum atomic E-state index is 5.41. The molecule has 0 spiro atoms. The van der Waals surface area contributed by atoms with E-state index in [9.17, 15) is 0 Å². The van der Waals surface area contributed by atoms with Crippen molar-refractivity contribution >= 4 is 11.4 Å². The van der Waals surface area contributed by atoms with Gasteiger partial charge in [0.15, 0.2) is 0 Å². The molecule has 0 atom stereocenters. The van der Waals surface area contributed by atoms with Gasteiger partial charge < -0.3 is 15.0 Å². The molecule has 0 aliphatic carbocycles. The van der Waals surface area contributed by atoms with Crippen molar-refractivity contribution in [3.05, 3.63) is 23.8 Å². The SMILES string of the molecule is COC(C)(C)CCNc1ccc(C)c(N(C)C)c1. The van der Waals surface area contributed by atoms with Gasteiger partial charge in [-0.3, -0.25) is 0 Å². The fraction of sp³-hybridized carbons (Fsp3) is 0.600. The van der Waals surface area contributed by atoms with Crippen LogP contribution in [0.3, 0.4) is 0 Å². The molecule has 0 unspecified atom stereocenters. The van der Waals surface area contributed by atoms with E-state index in [-0.39, 0.29) is 5.60 Å². The van der Waals surface area contributed by atoms with Crippen LogP contribution in [-0.4, -0.2) is 33.4 Å². The predicted octanol–water partition coefficient (Wildman–Crippen LogP) is 3.29. The molecule has 1 rings (SSSR count). The van der Waals surface area contributed by atoms with E-state index in [1.165, 1.54) is 11.3 Å². The number of hydrogen-bond donors (Lipinski definition) is 1. The van der Waals surface area contributed by atoms with Crippen LogP contribution in [0.4, 0.5) is 11.4 Å². The number of nitrogens with one attached hydrogen (secondary N) is 1. The fourth-order valence-corrected chi connectivity index (χ4v) is 1.81. The van der Waals surface area contributed by atoms with Crippen LogP contribution in [-0.2, 0) is 4.74 Å². The standard InChI is InChI=1S/C15H26N2O/c1-12-7-8-13(11-14(12)17(4)5)16-10-9-15(2,3)18-6/h7-8,11,16H,9-10H2,1-6H3. The summed E-state index contributed by atoms with van der Waals surface area (Å²) in [7, 11) is 5.90. The zero-order valence-electron chi connectivity index (χ0n) is 12.5. The van der Waals surface area contributed by atoms with Crippen molar-refractivity contribution in [3.8, 4) is 0 Å². The van der Waals surface area contributed by atoms with Gasteiger partial charge in [-0.15, -0.1) is 0 Å². The van der Waals surface area contributed by atoms with E-state index in [1.807, 2.05) is 0 Å². The highest BCUT2D eigenvalue weighted by atomic mass is 16.5. The first-order chi connectivity index (χ1) is 8.35. The van der Waals surface area contributed by atoms with Gasteiger partial charge in [-0.2, -0.15) is 0 Å². The number of rotatable bonds is 6. The number of ether oxygens (including phenoxy) is 1. The third-order valence-electron chi connectivity index (χ3n) is 3.30. The van der Waals surface area contributed by atoms with Crippen LogP contribution in [0.1, 0.15) is 25.8 Å². The first-order valence-electron chi connectivity index (χ1n) is 6.43. The Balaban J connectivity index is 2.61. The Hall–Kier alpha value is -1.22. The highest BCUT2D eigenvalue weighted by Crippen LogP contribution is 2.23. The molecule has 0 bridgehead atoms. The topological polar surface area (TPSA) is 24.5 Å². The molecule has 0 saturated carbocycles. The summed E-state index contributed by atoms with van der Waals surface area (Å²) in [5, 5.41) is 3.45. The second-order valence-electron chi connectivity index (χ2n) is 5.54. The third kappa shape index (κ3) is 4.22. The van der Waals surface area contributed by atoms with Gasteiger partial charge in [-0.25, -0.2) is 0 Å². The van der Waals surface area contributed by atoms with Crippen molar-refractivity contribution in [1.29, 1.82) is 0 Å². The Bertz CT molecular complexity index is 386. The minimum Gasteiger partial charge on any atom is -0.385 e. The molecule has 1 aromatic carbocycles. The normalized spacial score (nSPS) is 11.4. The van der Waals surface area contributed by atoms with E-state index in [0.29, 0.717) is 0 Å². The summed E-state index contributed by atoms with van der Waals surface area (Å²) in [5.41, 5.74) is 3.65. The highest BCUT2D eigenvalue weighted by molar-refractivity contribution is 5.61. The van der Waals surface area contributed by atoms with Crippen LogP contribution in [0.15, 0.2) is 18.2 Å². The van der Waals surface area contributed by atoms with E-state index in [1.54, 1.807) is 7.11 Å². The van der Waals surface area contributed by atoms with E-state index >= 15 is 0 Å². The molecular formula is C15H26N2O. The Morgan fingerprint density at radius 2 is 1.94 bits per heavy atom. The second-order valence-corrected chi connectivity index (χ2v) is 5.54. The Kier molecular flexibility index (Phi) is 5.03. The summed E-state index contributed by atoms with van der Waals surface area (Å²) in [4.78, 5) is 2.14. The summed E-state index contributed by atoms with van der Waals surface area (Å²) in [6.07, 6.45) is 0.981. The molecule has 1 aromatic rings. The maximum absolute atomic E-state index is 5.41. The Morgan fingerprint density at radius 3 is 2.50 bits per heavy atom. The second kappa shape index (κ2) is 6.10. The summed E-state index contributed by atoms with van der Waals surface area (Å²) in [6.45, 7) is 7.26. The first kappa shape index (κ1) is 14.8. The maximum Gasteiger partial charge on any atom is 0.0639 e. The summed E-state index contributed by atoms with van der Waals surface area (Å²) in [6, 6.07) is 6.47. The molecule has 0 aromatic heterocycles. The van der Waals surface area contributed by atoms with Gasteiger partial charge >= 0.3 is 0 Å². The molecule has 3 nitrogen and oxygen atoms in total. The van der Waals surface area contributed by atoms with Crippen molar-refractivity contribution in [2.75, 3.05) is 38.0 Å². The summed E-state index contributed by atoms with van der Waals surface area (Å²) in [5.74, 6) is 0. The minimum absolute atomic E-state index is 0.0674. The Labute approximate surface area is 111 Å². The average molecular weight is 250 g/mol. The number of anilines is 2. The van der Waals surface area contributed by atoms with Crippen LogP contribution in [0.25, 0.3) is 0 Å². The van der Waals surface area contributed by atoms with Gasteiger partial charge in [0.25, 0.3) is 0 Å². The number of benzene rings is 1. The summed E-state index contributed by atoms with van der Waals surface area (Å²) < 4.78 is 5.41. The molecule has 0 aliphatic rings. The number of methoxy groups -OCH3 is 1. The smallest absolute Gasteiger partial charge is 0.0639 e. The van der Waals surface area contributed by atoms with Crippen LogP contribution in [0, 0.1) is 6.92 Å². The van der Waals surface area contributed by atoms with Gasteiger partial charge in [-0.1, -0.05) is 6.07 Å². The van der Waals surface area contributed by atoms with E-state index < -0.39 is 0 Å². The molecule has 102 valence electrons. The lowest BCUT2D eigenvalue weighted by molar-refractivity contribution is 0.0185. The van der Waals surface area contributed by atoms with Crippen LogP contribution in [0.5, 0.6) is 0 Å². The van der Waals surface area contributed by atoms with Gasteiger partial charge in [0.1, 0.15) is 0 Å². The van der Waals surface area contributed by atoms with Crippen molar-refractivity contribution in [2.24, 2.45) is 0 Å². The first-order valence-corrected chi connectivity index (χ1v) is 6.43. The average Bonchev–Trinajstić information content (AvgIpc) is 2.31. The third-order valence-corrected chi connectivity index (χ3v) is 3.30. The van der Waals surface area contributed by atoms with Crippen molar-refractivity contribution in [3.63, 3.8) is 0 Å². The van der Waals surface area contributed by atoms with E-state index in [2.05, 4.69) is 63.3 Å². The lowest BCUT2D eigenvalue weighted by Crippen LogP contribution is -2.25. The number of hydrogen-bond acceptors (Lipinski definition) is 3. The fourth-order valence-electron chi connectivity index (χ4n) is 1.81. The van der Waals surface area contributed by atoms with Crippen molar-refractivity contribution < 1.29 is 4.74 Å². The lowest BCUT2D eigenvalue weighted by atomic mass is 10.1. The zero-order chi connectivity index (χ0) is 13.8.